The fraction of sp³-hybridized carbons (Fsp3) is 0.857. The quantitative estimate of drug-likeness (QED) is 0.694. The smallest absolute Gasteiger partial charge is 0.303 e. The Morgan fingerprint density at radius 1 is 1.64 bits per heavy atom. The number of rotatable bonds is 4. The van der Waals surface area contributed by atoms with Gasteiger partial charge < -0.3 is 5.11 Å². The van der Waals surface area contributed by atoms with Crippen LogP contribution in [0.25, 0.3) is 0 Å². The predicted molar refractivity (Wildman–Crippen MR) is 49.9 cm³/mol. The fourth-order valence-electron chi connectivity index (χ4n) is 1.05. The van der Waals surface area contributed by atoms with Crippen molar-refractivity contribution in [3.8, 4) is 0 Å². The predicted octanol–water partition coefficient (Wildman–Crippen LogP) is 2.40. The fourth-order valence-corrected chi connectivity index (χ4v) is 4.07. The van der Waals surface area contributed by atoms with Crippen LogP contribution in [0.2, 0.25) is 0 Å². The van der Waals surface area contributed by atoms with Gasteiger partial charge in [0.2, 0.25) is 0 Å². The van der Waals surface area contributed by atoms with Gasteiger partial charge in [-0.15, -0.1) is 0 Å². The normalized spacial score (nSPS) is 23.8. The monoisotopic (exact) mass is 192 g/mol. The number of aliphatic carboxylic acids is 1. The summed E-state index contributed by atoms with van der Waals surface area (Å²) < 4.78 is 0. The van der Waals surface area contributed by atoms with E-state index in [9.17, 15) is 4.79 Å². The average Bonchev–Trinajstić information content (AvgIpc) is 2.39. The van der Waals surface area contributed by atoms with Crippen LogP contribution in [0, 0.1) is 0 Å². The Bertz CT molecular complexity index is 132. The molecule has 2 nitrogen and oxygen atoms in total. The van der Waals surface area contributed by atoms with Gasteiger partial charge >= 0.3 is 5.97 Å². The molecule has 0 bridgehead atoms. The molecule has 1 rings (SSSR count). The van der Waals surface area contributed by atoms with Crippen LogP contribution in [0.4, 0.5) is 0 Å². The molecule has 1 atom stereocenters. The van der Waals surface area contributed by atoms with E-state index in [2.05, 4.69) is 0 Å². The van der Waals surface area contributed by atoms with Crippen LogP contribution in [0.1, 0.15) is 25.7 Å². The highest BCUT2D eigenvalue weighted by Gasteiger charge is 2.15. The van der Waals surface area contributed by atoms with Gasteiger partial charge in [-0.2, -0.15) is 0 Å². The van der Waals surface area contributed by atoms with Crippen LogP contribution in [-0.2, 0) is 4.79 Å². The maximum absolute atomic E-state index is 10.2. The third kappa shape index (κ3) is 3.91. The summed E-state index contributed by atoms with van der Waals surface area (Å²) in [5.74, 6) is 0.572. The molecular formula is C7H12O2S2. The molecule has 0 amide bonds. The summed E-state index contributed by atoms with van der Waals surface area (Å²) in [4.78, 5) is 10.2. The highest BCUT2D eigenvalue weighted by molar-refractivity contribution is 8.77. The zero-order valence-electron chi connectivity index (χ0n) is 6.28. The lowest BCUT2D eigenvalue weighted by atomic mass is 10.1. The summed E-state index contributed by atoms with van der Waals surface area (Å²) in [6.45, 7) is 0. The van der Waals surface area contributed by atoms with Gasteiger partial charge in [0.05, 0.1) is 0 Å². The van der Waals surface area contributed by atoms with Gasteiger partial charge in [0.1, 0.15) is 0 Å². The Hall–Kier alpha value is 0.170. The van der Waals surface area contributed by atoms with Crippen molar-refractivity contribution in [2.45, 2.75) is 30.9 Å². The Kier molecular flexibility index (Phi) is 4.15. The standard InChI is InChI=1S/C7H12O2S2/c8-7(9)3-1-2-6-4-5-10-11-6/h6H,1-5H2,(H,8,9). The van der Waals surface area contributed by atoms with E-state index >= 15 is 0 Å². The van der Waals surface area contributed by atoms with E-state index in [1.165, 1.54) is 12.2 Å². The van der Waals surface area contributed by atoms with E-state index in [0.717, 1.165) is 18.1 Å². The van der Waals surface area contributed by atoms with Crippen molar-refractivity contribution in [3.05, 3.63) is 0 Å². The van der Waals surface area contributed by atoms with Crippen molar-refractivity contribution < 1.29 is 9.90 Å². The van der Waals surface area contributed by atoms with Crippen LogP contribution in [0.15, 0.2) is 0 Å². The van der Waals surface area contributed by atoms with Gasteiger partial charge in [0.15, 0.2) is 0 Å². The van der Waals surface area contributed by atoms with Crippen molar-refractivity contribution in [1.29, 1.82) is 0 Å². The van der Waals surface area contributed by atoms with Gasteiger partial charge in [0, 0.05) is 17.4 Å². The Morgan fingerprint density at radius 2 is 2.45 bits per heavy atom. The second-order valence-electron chi connectivity index (χ2n) is 2.61. The number of carboxylic acid groups (broad SMARTS) is 1. The number of carbonyl (C=O) groups is 1. The van der Waals surface area contributed by atoms with Crippen molar-refractivity contribution >= 4 is 27.6 Å². The lowest BCUT2D eigenvalue weighted by Crippen LogP contribution is -2.00. The second-order valence-corrected chi connectivity index (χ2v) is 5.40. The molecule has 0 saturated carbocycles. The van der Waals surface area contributed by atoms with Gasteiger partial charge in [-0.05, 0) is 19.3 Å². The molecule has 4 heteroatoms. The summed E-state index contributed by atoms with van der Waals surface area (Å²) in [7, 11) is 3.83. The highest BCUT2D eigenvalue weighted by Crippen LogP contribution is 2.39. The van der Waals surface area contributed by atoms with Gasteiger partial charge in [-0.25, -0.2) is 0 Å². The summed E-state index contributed by atoms with van der Waals surface area (Å²) in [5.41, 5.74) is 0. The molecule has 1 saturated heterocycles. The Morgan fingerprint density at radius 3 is 3.00 bits per heavy atom. The minimum atomic E-state index is -0.666. The number of hydrogen-bond acceptors (Lipinski definition) is 3. The SMILES string of the molecule is O=C(O)CCCC1CCSS1. The summed E-state index contributed by atoms with van der Waals surface area (Å²) >= 11 is 0. The van der Waals surface area contributed by atoms with E-state index < -0.39 is 5.97 Å². The number of carboxylic acids is 1. The second kappa shape index (κ2) is 4.93. The first kappa shape index (κ1) is 9.26. The van der Waals surface area contributed by atoms with Crippen LogP contribution in [-0.4, -0.2) is 22.1 Å². The molecule has 0 spiro atoms. The molecule has 1 aliphatic heterocycles. The Balaban J connectivity index is 1.98. The molecule has 1 heterocycles. The van der Waals surface area contributed by atoms with Crippen molar-refractivity contribution in [2.75, 3.05) is 5.75 Å². The molecule has 11 heavy (non-hydrogen) atoms. The van der Waals surface area contributed by atoms with Gasteiger partial charge in [-0.3, -0.25) is 4.79 Å². The first-order valence-corrected chi connectivity index (χ1v) is 6.17. The molecule has 0 aromatic rings. The van der Waals surface area contributed by atoms with Crippen molar-refractivity contribution in [2.24, 2.45) is 0 Å². The molecular weight excluding hydrogens is 180 g/mol. The Labute approximate surface area is 74.5 Å². The molecule has 1 N–H and O–H groups in total. The summed E-state index contributed by atoms with van der Waals surface area (Å²) in [5, 5.41) is 9.10. The van der Waals surface area contributed by atoms with Gasteiger partial charge in [0.25, 0.3) is 0 Å². The largest absolute Gasteiger partial charge is 0.481 e. The van der Waals surface area contributed by atoms with Crippen LogP contribution in [0.3, 0.4) is 0 Å². The van der Waals surface area contributed by atoms with E-state index in [-0.39, 0.29) is 0 Å². The van der Waals surface area contributed by atoms with E-state index in [4.69, 9.17) is 5.11 Å². The molecule has 1 aliphatic rings. The third-order valence-corrected chi connectivity index (χ3v) is 4.65. The van der Waals surface area contributed by atoms with Crippen molar-refractivity contribution in [3.63, 3.8) is 0 Å². The molecule has 0 radical (unpaired) electrons. The van der Waals surface area contributed by atoms with Crippen molar-refractivity contribution in [1.82, 2.24) is 0 Å². The molecule has 0 aromatic heterocycles. The lowest BCUT2D eigenvalue weighted by molar-refractivity contribution is -0.137. The molecule has 64 valence electrons. The maximum Gasteiger partial charge on any atom is 0.303 e. The van der Waals surface area contributed by atoms with E-state index in [1.54, 1.807) is 0 Å². The molecule has 0 aliphatic carbocycles. The lowest BCUT2D eigenvalue weighted by Gasteiger charge is -2.03. The van der Waals surface area contributed by atoms with Crippen LogP contribution < -0.4 is 0 Å². The number of hydrogen-bond donors (Lipinski definition) is 1. The van der Waals surface area contributed by atoms with Gasteiger partial charge in [-0.1, -0.05) is 21.6 Å². The topological polar surface area (TPSA) is 37.3 Å². The zero-order valence-corrected chi connectivity index (χ0v) is 7.92. The highest BCUT2D eigenvalue weighted by atomic mass is 33.1. The molecule has 1 unspecified atom stereocenters. The van der Waals surface area contributed by atoms with E-state index in [1.807, 2.05) is 21.6 Å². The first-order chi connectivity index (χ1) is 5.29. The molecule has 0 aromatic carbocycles. The van der Waals surface area contributed by atoms with E-state index in [0.29, 0.717) is 6.42 Å². The molecule has 1 fully saturated rings. The minimum absolute atomic E-state index is 0.335. The average molecular weight is 192 g/mol. The van der Waals surface area contributed by atoms with Crippen LogP contribution in [0.5, 0.6) is 0 Å². The maximum atomic E-state index is 10.2. The summed E-state index contributed by atoms with van der Waals surface area (Å²) in [6, 6.07) is 0. The minimum Gasteiger partial charge on any atom is -0.481 e. The van der Waals surface area contributed by atoms with Crippen LogP contribution >= 0.6 is 21.6 Å². The summed E-state index contributed by atoms with van der Waals surface area (Å²) in [6.07, 6.45) is 3.51. The first-order valence-electron chi connectivity index (χ1n) is 3.79. The third-order valence-electron chi connectivity index (χ3n) is 1.64. The zero-order chi connectivity index (χ0) is 8.10.